The van der Waals surface area contributed by atoms with Crippen LogP contribution in [0.4, 0.5) is 8.78 Å². The van der Waals surface area contributed by atoms with Crippen LogP contribution in [0.1, 0.15) is 25.3 Å². The predicted molar refractivity (Wildman–Crippen MR) is 63.2 cm³/mol. The molecule has 0 saturated carbocycles. The standard InChI is InChI=1S/C12H14BrF2N/c1-8-3-2-6-16(8)7-9-11(14)5-4-10(13)12(9)15/h4-5,8H,2-3,6-7H2,1H3. The van der Waals surface area contributed by atoms with Gasteiger partial charge < -0.3 is 0 Å². The zero-order valence-corrected chi connectivity index (χ0v) is 10.7. The molecule has 0 amide bonds. The van der Waals surface area contributed by atoms with Gasteiger partial charge in [0.2, 0.25) is 0 Å². The molecule has 0 bridgehead atoms. The van der Waals surface area contributed by atoms with E-state index in [4.69, 9.17) is 0 Å². The molecule has 1 heterocycles. The number of nitrogens with zero attached hydrogens (tertiary/aromatic N) is 1. The monoisotopic (exact) mass is 289 g/mol. The van der Waals surface area contributed by atoms with Crippen molar-refractivity contribution >= 4 is 15.9 Å². The predicted octanol–water partition coefficient (Wildman–Crippen LogP) is 3.71. The summed E-state index contributed by atoms with van der Waals surface area (Å²) >= 11 is 3.08. The van der Waals surface area contributed by atoms with Gasteiger partial charge in [0.05, 0.1) is 4.47 Å². The van der Waals surface area contributed by atoms with Crippen LogP contribution >= 0.6 is 15.9 Å². The molecule has 1 saturated heterocycles. The van der Waals surface area contributed by atoms with Gasteiger partial charge in [-0.05, 0) is 54.4 Å². The molecule has 0 N–H and O–H groups in total. The second-order valence-corrected chi connectivity index (χ2v) is 5.14. The molecule has 16 heavy (non-hydrogen) atoms. The highest BCUT2D eigenvalue weighted by atomic mass is 79.9. The SMILES string of the molecule is CC1CCCN1Cc1c(F)ccc(Br)c1F. The maximum Gasteiger partial charge on any atom is 0.144 e. The first-order valence-electron chi connectivity index (χ1n) is 5.46. The van der Waals surface area contributed by atoms with Crippen LogP contribution in [0.5, 0.6) is 0 Å². The normalized spacial score (nSPS) is 21.6. The Labute approximate surface area is 103 Å². The number of rotatable bonds is 2. The van der Waals surface area contributed by atoms with E-state index in [9.17, 15) is 8.78 Å². The van der Waals surface area contributed by atoms with Crippen molar-refractivity contribution in [2.24, 2.45) is 0 Å². The molecule has 0 radical (unpaired) electrons. The van der Waals surface area contributed by atoms with E-state index in [1.165, 1.54) is 12.1 Å². The van der Waals surface area contributed by atoms with Gasteiger partial charge in [-0.1, -0.05) is 0 Å². The molecule has 88 valence electrons. The lowest BCUT2D eigenvalue weighted by molar-refractivity contribution is 0.252. The fourth-order valence-corrected chi connectivity index (χ4v) is 2.52. The number of halogens is 3. The fourth-order valence-electron chi connectivity index (χ4n) is 2.14. The Bertz CT molecular complexity index is 395. The molecule has 0 aliphatic carbocycles. The van der Waals surface area contributed by atoms with Gasteiger partial charge in [0, 0.05) is 18.2 Å². The Hall–Kier alpha value is -0.480. The summed E-state index contributed by atoms with van der Waals surface area (Å²) in [5.41, 5.74) is 0.170. The van der Waals surface area contributed by atoms with Crippen LogP contribution in [-0.4, -0.2) is 17.5 Å². The third-order valence-corrected chi connectivity index (χ3v) is 3.80. The zero-order valence-electron chi connectivity index (χ0n) is 9.14. The van der Waals surface area contributed by atoms with E-state index in [1.54, 1.807) is 0 Å². The third-order valence-electron chi connectivity index (χ3n) is 3.19. The average Bonchev–Trinajstić information content (AvgIpc) is 2.65. The Morgan fingerprint density at radius 1 is 1.44 bits per heavy atom. The summed E-state index contributed by atoms with van der Waals surface area (Å²) in [6.45, 7) is 3.38. The van der Waals surface area contributed by atoms with Crippen molar-refractivity contribution in [2.45, 2.75) is 32.4 Å². The maximum atomic E-state index is 13.7. The van der Waals surface area contributed by atoms with E-state index in [2.05, 4.69) is 27.8 Å². The first-order valence-corrected chi connectivity index (χ1v) is 6.25. The Morgan fingerprint density at radius 2 is 2.19 bits per heavy atom. The number of likely N-dealkylation sites (tertiary alicyclic amines) is 1. The van der Waals surface area contributed by atoms with Crippen molar-refractivity contribution in [3.8, 4) is 0 Å². The van der Waals surface area contributed by atoms with Crippen molar-refractivity contribution in [2.75, 3.05) is 6.54 Å². The van der Waals surface area contributed by atoms with Crippen molar-refractivity contribution in [1.82, 2.24) is 4.90 Å². The summed E-state index contributed by atoms with van der Waals surface area (Å²) < 4.78 is 27.6. The first kappa shape index (κ1) is 12.0. The number of hydrogen-bond acceptors (Lipinski definition) is 1. The Balaban J connectivity index is 2.23. The van der Waals surface area contributed by atoms with Crippen LogP contribution in [0, 0.1) is 11.6 Å². The maximum absolute atomic E-state index is 13.7. The van der Waals surface area contributed by atoms with Gasteiger partial charge in [-0.25, -0.2) is 8.78 Å². The molecule has 1 aliphatic rings. The van der Waals surface area contributed by atoms with Gasteiger partial charge in [0.15, 0.2) is 0 Å². The number of benzene rings is 1. The van der Waals surface area contributed by atoms with E-state index in [0.29, 0.717) is 17.1 Å². The van der Waals surface area contributed by atoms with E-state index in [-0.39, 0.29) is 5.56 Å². The van der Waals surface area contributed by atoms with Crippen LogP contribution in [0.25, 0.3) is 0 Å². The quantitative estimate of drug-likeness (QED) is 0.750. The summed E-state index contributed by atoms with van der Waals surface area (Å²) in [5.74, 6) is -0.932. The summed E-state index contributed by atoms with van der Waals surface area (Å²) in [6.07, 6.45) is 2.22. The Morgan fingerprint density at radius 3 is 2.81 bits per heavy atom. The zero-order chi connectivity index (χ0) is 11.7. The van der Waals surface area contributed by atoms with Crippen LogP contribution in [0.15, 0.2) is 16.6 Å². The molecule has 4 heteroatoms. The highest BCUT2D eigenvalue weighted by Gasteiger charge is 2.23. The molecule has 1 aromatic carbocycles. The van der Waals surface area contributed by atoms with Gasteiger partial charge >= 0.3 is 0 Å². The molecule has 1 atom stereocenters. The van der Waals surface area contributed by atoms with Gasteiger partial charge in [0.25, 0.3) is 0 Å². The summed E-state index contributed by atoms with van der Waals surface area (Å²) in [7, 11) is 0. The molecule has 1 aliphatic heterocycles. The van der Waals surface area contributed by atoms with Crippen LogP contribution in [0.2, 0.25) is 0 Å². The average molecular weight is 290 g/mol. The van der Waals surface area contributed by atoms with Gasteiger partial charge in [-0.3, -0.25) is 4.90 Å². The first-order chi connectivity index (χ1) is 7.59. The Kier molecular flexibility index (Phi) is 3.60. The summed E-state index contributed by atoms with van der Waals surface area (Å²) in [4.78, 5) is 2.12. The lowest BCUT2D eigenvalue weighted by Gasteiger charge is -2.21. The molecule has 0 spiro atoms. The summed E-state index contributed by atoms with van der Waals surface area (Å²) in [6, 6.07) is 3.13. The van der Waals surface area contributed by atoms with Gasteiger partial charge in [-0.2, -0.15) is 0 Å². The van der Waals surface area contributed by atoms with E-state index in [1.807, 2.05) is 0 Å². The smallest absolute Gasteiger partial charge is 0.144 e. The van der Waals surface area contributed by atoms with Crippen LogP contribution in [-0.2, 0) is 6.54 Å². The minimum Gasteiger partial charge on any atom is -0.296 e. The molecule has 0 aromatic heterocycles. The van der Waals surface area contributed by atoms with E-state index >= 15 is 0 Å². The van der Waals surface area contributed by atoms with Gasteiger partial charge in [0.1, 0.15) is 11.6 Å². The number of hydrogen-bond donors (Lipinski definition) is 0. The van der Waals surface area contributed by atoms with Gasteiger partial charge in [-0.15, -0.1) is 0 Å². The van der Waals surface area contributed by atoms with Crippen LogP contribution in [0.3, 0.4) is 0 Å². The lowest BCUT2D eigenvalue weighted by Crippen LogP contribution is -2.27. The van der Waals surface area contributed by atoms with Crippen molar-refractivity contribution in [3.63, 3.8) is 0 Å². The van der Waals surface area contributed by atoms with E-state index < -0.39 is 11.6 Å². The second-order valence-electron chi connectivity index (χ2n) is 4.28. The van der Waals surface area contributed by atoms with E-state index in [0.717, 1.165) is 19.4 Å². The molecule has 2 rings (SSSR count). The molecule has 1 aromatic rings. The third kappa shape index (κ3) is 2.28. The largest absolute Gasteiger partial charge is 0.296 e. The lowest BCUT2D eigenvalue weighted by atomic mass is 10.1. The molecular formula is C12H14BrF2N. The topological polar surface area (TPSA) is 3.24 Å². The minimum atomic E-state index is -0.473. The summed E-state index contributed by atoms with van der Waals surface area (Å²) in [5, 5.41) is 0. The minimum absolute atomic E-state index is 0.170. The van der Waals surface area contributed by atoms with Crippen molar-refractivity contribution < 1.29 is 8.78 Å². The highest BCUT2D eigenvalue weighted by molar-refractivity contribution is 9.10. The highest BCUT2D eigenvalue weighted by Crippen LogP contribution is 2.26. The van der Waals surface area contributed by atoms with Crippen molar-refractivity contribution in [1.29, 1.82) is 0 Å². The fraction of sp³-hybridized carbons (Fsp3) is 0.500. The molecule has 1 nitrogen and oxygen atoms in total. The molecule has 1 fully saturated rings. The van der Waals surface area contributed by atoms with Crippen molar-refractivity contribution in [3.05, 3.63) is 33.8 Å². The second kappa shape index (κ2) is 4.80. The molecular weight excluding hydrogens is 276 g/mol. The van der Waals surface area contributed by atoms with Crippen LogP contribution < -0.4 is 0 Å². The molecule has 1 unspecified atom stereocenters.